The van der Waals surface area contributed by atoms with Gasteiger partial charge in [-0.3, -0.25) is 0 Å². The van der Waals surface area contributed by atoms with Crippen LogP contribution in [0.2, 0.25) is 0 Å². The van der Waals surface area contributed by atoms with E-state index in [1.54, 1.807) is 6.08 Å². The summed E-state index contributed by atoms with van der Waals surface area (Å²) in [4.78, 5) is 5.09. The second kappa shape index (κ2) is 6.11. The number of hydrogen-bond acceptors (Lipinski definition) is 3. The Labute approximate surface area is 89.2 Å². The first-order valence-electron chi connectivity index (χ1n) is 4.38. The number of aromatic nitrogens is 1. The third kappa shape index (κ3) is 2.82. The van der Waals surface area contributed by atoms with Crippen LogP contribution in [-0.2, 0) is 0 Å². The van der Waals surface area contributed by atoms with E-state index in [1.807, 2.05) is 26.8 Å². The lowest BCUT2D eigenvalue weighted by molar-refractivity contribution is 1.26. The second-order valence-corrected chi connectivity index (χ2v) is 3.47. The van der Waals surface area contributed by atoms with E-state index in [1.165, 1.54) is 11.3 Å². The van der Waals surface area contributed by atoms with Crippen LogP contribution in [0, 0.1) is 18.3 Å². The van der Waals surface area contributed by atoms with Crippen molar-refractivity contribution in [3.63, 3.8) is 0 Å². The van der Waals surface area contributed by atoms with E-state index in [4.69, 9.17) is 5.26 Å². The van der Waals surface area contributed by atoms with Gasteiger partial charge in [-0.1, -0.05) is 27.0 Å². The minimum atomic E-state index is 0.397. The zero-order chi connectivity index (χ0) is 11.1. The van der Waals surface area contributed by atoms with Gasteiger partial charge in [0.05, 0.1) is 21.2 Å². The Kier molecular flexibility index (Phi) is 5.50. The molecule has 0 aliphatic heterocycles. The van der Waals surface area contributed by atoms with Gasteiger partial charge in [0, 0.05) is 0 Å². The summed E-state index contributed by atoms with van der Waals surface area (Å²) in [7, 11) is 0. The third-order valence-electron chi connectivity index (χ3n) is 1.37. The van der Waals surface area contributed by atoms with Gasteiger partial charge in [-0.15, -0.1) is 11.3 Å². The molecule has 1 aromatic heterocycles. The molecule has 0 unspecified atom stereocenters. The molecule has 2 nitrogen and oxygen atoms in total. The summed E-state index contributed by atoms with van der Waals surface area (Å²) in [6.07, 6.45) is 1.70. The number of allylic oxidation sites excluding steroid dienone is 1. The first kappa shape index (κ1) is 12.6. The number of thiazole rings is 1. The average molecular weight is 206 g/mol. The lowest BCUT2D eigenvalue weighted by Crippen LogP contribution is -1.82. The molecular formula is C11H14N2S. The van der Waals surface area contributed by atoms with Crippen LogP contribution in [0.5, 0.6) is 0 Å². The molecule has 0 fully saturated rings. The fourth-order valence-electron chi connectivity index (χ4n) is 0.850. The molecule has 0 aliphatic rings. The Morgan fingerprint density at radius 1 is 1.57 bits per heavy atom. The van der Waals surface area contributed by atoms with Crippen molar-refractivity contribution in [3.05, 3.63) is 28.7 Å². The Morgan fingerprint density at radius 3 is 2.57 bits per heavy atom. The maximum Gasteiger partial charge on any atom is 0.101 e. The van der Waals surface area contributed by atoms with Crippen LogP contribution in [0.1, 0.15) is 29.4 Å². The first-order chi connectivity index (χ1) is 6.69. The van der Waals surface area contributed by atoms with E-state index in [0.29, 0.717) is 11.3 Å². The summed E-state index contributed by atoms with van der Waals surface area (Å²) < 4.78 is 0. The number of nitrogens with zero attached hydrogens (tertiary/aromatic N) is 2. The van der Waals surface area contributed by atoms with Gasteiger partial charge < -0.3 is 0 Å². The van der Waals surface area contributed by atoms with Crippen LogP contribution in [0.4, 0.5) is 0 Å². The lowest BCUT2D eigenvalue weighted by atomic mass is 10.2. The van der Waals surface area contributed by atoms with Crippen LogP contribution in [-0.4, -0.2) is 4.98 Å². The molecule has 0 radical (unpaired) electrons. The fraction of sp³-hybridized carbons (Fsp3) is 0.273. The quantitative estimate of drug-likeness (QED) is 0.692. The Bertz CT molecular complexity index is 369. The molecule has 0 amide bonds. The molecule has 0 atom stereocenters. The Morgan fingerprint density at radius 2 is 2.14 bits per heavy atom. The zero-order valence-electron chi connectivity index (χ0n) is 8.79. The maximum absolute atomic E-state index is 8.60. The van der Waals surface area contributed by atoms with Crippen LogP contribution in [0.15, 0.2) is 13.2 Å². The van der Waals surface area contributed by atoms with Crippen LogP contribution < -0.4 is 0 Å². The molecule has 3 heteroatoms. The van der Waals surface area contributed by atoms with Crippen molar-refractivity contribution in [2.45, 2.75) is 20.8 Å². The SMILES string of the molecule is C=Cc1sc(C)nc1C(=C)C#N.CC. The smallest absolute Gasteiger partial charge is 0.101 e. The number of aryl methyl sites for hydroxylation is 1. The topological polar surface area (TPSA) is 36.7 Å². The molecule has 0 saturated heterocycles. The molecule has 0 aliphatic carbocycles. The highest BCUT2D eigenvalue weighted by atomic mass is 32.1. The molecule has 0 N–H and O–H groups in total. The highest BCUT2D eigenvalue weighted by Crippen LogP contribution is 2.23. The molecule has 74 valence electrons. The fourth-order valence-corrected chi connectivity index (χ4v) is 1.65. The van der Waals surface area contributed by atoms with Crippen molar-refractivity contribution in [1.82, 2.24) is 4.98 Å². The van der Waals surface area contributed by atoms with E-state index in [0.717, 1.165) is 9.88 Å². The van der Waals surface area contributed by atoms with Gasteiger partial charge in [-0.25, -0.2) is 4.98 Å². The summed E-state index contributed by atoms with van der Waals surface area (Å²) in [6.45, 7) is 13.1. The molecule has 0 bridgehead atoms. The first-order valence-corrected chi connectivity index (χ1v) is 5.20. The Balaban J connectivity index is 0.000000791. The predicted molar refractivity (Wildman–Crippen MR) is 62.9 cm³/mol. The maximum atomic E-state index is 8.60. The highest BCUT2D eigenvalue weighted by Gasteiger charge is 2.08. The van der Waals surface area contributed by atoms with Crippen molar-refractivity contribution in [2.75, 3.05) is 0 Å². The monoisotopic (exact) mass is 206 g/mol. The summed E-state index contributed by atoms with van der Waals surface area (Å²) in [5.74, 6) is 0. The van der Waals surface area contributed by atoms with Crippen molar-refractivity contribution in [3.8, 4) is 6.07 Å². The summed E-state index contributed by atoms with van der Waals surface area (Å²) in [6, 6.07) is 1.97. The van der Waals surface area contributed by atoms with Gasteiger partial charge >= 0.3 is 0 Å². The molecule has 1 aromatic rings. The van der Waals surface area contributed by atoms with E-state index in [2.05, 4.69) is 18.1 Å². The molecule has 14 heavy (non-hydrogen) atoms. The molecular weight excluding hydrogens is 192 g/mol. The molecule has 1 rings (SSSR count). The van der Waals surface area contributed by atoms with Gasteiger partial charge in [-0.05, 0) is 13.0 Å². The molecule has 0 spiro atoms. The van der Waals surface area contributed by atoms with Crippen LogP contribution in [0.3, 0.4) is 0 Å². The number of hydrogen-bond donors (Lipinski definition) is 0. The number of rotatable bonds is 2. The normalized spacial score (nSPS) is 8.14. The van der Waals surface area contributed by atoms with Crippen molar-refractivity contribution < 1.29 is 0 Å². The van der Waals surface area contributed by atoms with E-state index < -0.39 is 0 Å². The summed E-state index contributed by atoms with van der Waals surface area (Å²) >= 11 is 1.52. The molecule has 1 heterocycles. The van der Waals surface area contributed by atoms with E-state index >= 15 is 0 Å². The van der Waals surface area contributed by atoms with Crippen LogP contribution >= 0.6 is 11.3 Å². The van der Waals surface area contributed by atoms with Gasteiger partial charge in [0.25, 0.3) is 0 Å². The molecule has 0 saturated carbocycles. The van der Waals surface area contributed by atoms with Gasteiger partial charge in [0.1, 0.15) is 6.07 Å². The highest BCUT2D eigenvalue weighted by molar-refractivity contribution is 7.12. The van der Waals surface area contributed by atoms with Crippen molar-refractivity contribution in [1.29, 1.82) is 5.26 Å². The van der Waals surface area contributed by atoms with Gasteiger partial charge in [-0.2, -0.15) is 5.26 Å². The zero-order valence-corrected chi connectivity index (χ0v) is 9.61. The van der Waals surface area contributed by atoms with E-state index in [-0.39, 0.29) is 0 Å². The predicted octanol–water partition coefficient (Wildman–Crippen LogP) is 3.66. The summed E-state index contributed by atoms with van der Waals surface area (Å²) in [5.41, 5.74) is 1.06. The summed E-state index contributed by atoms with van der Waals surface area (Å²) in [5, 5.41) is 9.53. The van der Waals surface area contributed by atoms with Gasteiger partial charge in [0.15, 0.2) is 0 Å². The largest absolute Gasteiger partial charge is 0.240 e. The standard InChI is InChI=1S/C9H8N2S.C2H6/c1-4-8-9(6(2)5-10)11-7(3)12-8;1-2/h4H,1-2H2,3H3;1-2H3. The van der Waals surface area contributed by atoms with Gasteiger partial charge in [0.2, 0.25) is 0 Å². The number of nitriles is 1. The minimum absolute atomic E-state index is 0.397. The third-order valence-corrected chi connectivity index (χ3v) is 2.33. The van der Waals surface area contributed by atoms with E-state index in [9.17, 15) is 0 Å². The second-order valence-electron chi connectivity index (χ2n) is 2.24. The average Bonchev–Trinajstić information content (AvgIpc) is 2.61. The lowest BCUT2D eigenvalue weighted by Gasteiger charge is -1.90. The van der Waals surface area contributed by atoms with Crippen molar-refractivity contribution >= 4 is 23.0 Å². The van der Waals surface area contributed by atoms with Crippen LogP contribution in [0.25, 0.3) is 11.6 Å². The molecule has 0 aromatic carbocycles. The van der Waals surface area contributed by atoms with Crippen molar-refractivity contribution in [2.24, 2.45) is 0 Å². The minimum Gasteiger partial charge on any atom is -0.240 e. The Hall–Kier alpha value is -1.40.